The summed E-state index contributed by atoms with van der Waals surface area (Å²) in [5.41, 5.74) is 11.8. The van der Waals surface area contributed by atoms with E-state index < -0.39 is 24.0 Å². The van der Waals surface area contributed by atoms with Crippen LogP contribution in [0.3, 0.4) is 0 Å². The lowest BCUT2D eigenvalue weighted by Gasteiger charge is -2.14. The molecule has 0 aromatic heterocycles. The zero-order valence-corrected chi connectivity index (χ0v) is 11.7. The molecule has 0 aliphatic rings. The second-order valence-electron chi connectivity index (χ2n) is 4.39. The number of ether oxygens (including phenoxy) is 2. The SMILES string of the molecule is CCC(Oc1ccc(CC(N)C(=O)OC)cc1)C(N)=O. The van der Waals surface area contributed by atoms with E-state index in [2.05, 4.69) is 4.74 Å². The summed E-state index contributed by atoms with van der Waals surface area (Å²) < 4.78 is 10.0. The van der Waals surface area contributed by atoms with Gasteiger partial charge in [-0.1, -0.05) is 19.1 Å². The number of benzene rings is 1. The molecule has 1 aromatic carbocycles. The van der Waals surface area contributed by atoms with Crippen LogP contribution in [0.4, 0.5) is 0 Å². The average Bonchev–Trinajstić information content (AvgIpc) is 2.45. The number of hydrogen-bond acceptors (Lipinski definition) is 5. The molecule has 6 nitrogen and oxygen atoms in total. The van der Waals surface area contributed by atoms with Crippen molar-refractivity contribution in [1.82, 2.24) is 0 Å². The molecule has 0 heterocycles. The van der Waals surface area contributed by atoms with E-state index in [1.54, 1.807) is 24.3 Å². The minimum absolute atomic E-state index is 0.375. The van der Waals surface area contributed by atoms with Crippen molar-refractivity contribution in [3.05, 3.63) is 29.8 Å². The number of carbonyl (C=O) groups excluding carboxylic acids is 2. The first-order chi connectivity index (χ1) is 9.47. The quantitative estimate of drug-likeness (QED) is 0.702. The predicted octanol–water partition coefficient (Wildman–Crippen LogP) is 0.372. The fourth-order valence-electron chi connectivity index (χ4n) is 1.70. The van der Waals surface area contributed by atoms with Gasteiger partial charge in [0.15, 0.2) is 6.10 Å². The average molecular weight is 280 g/mol. The number of methoxy groups -OCH3 is 1. The van der Waals surface area contributed by atoms with Crippen molar-refractivity contribution in [2.75, 3.05) is 7.11 Å². The fourth-order valence-corrected chi connectivity index (χ4v) is 1.70. The molecule has 1 aromatic rings. The van der Waals surface area contributed by atoms with Gasteiger partial charge in [0.2, 0.25) is 0 Å². The van der Waals surface area contributed by atoms with E-state index in [0.29, 0.717) is 18.6 Å². The second kappa shape index (κ2) is 7.49. The zero-order chi connectivity index (χ0) is 15.1. The third kappa shape index (κ3) is 4.55. The Morgan fingerprint density at radius 2 is 1.85 bits per heavy atom. The molecule has 0 saturated carbocycles. The van der Waals surface area contributed by atoms with Crippen LogP contribution in [0.25, 0.3) is 0 Å². The monoisotopic (exact) mass is 280 g/mol. The Labute approximate surface area is 118 Å². The van der Waals surface area contributed by atoms with E-state index in [1.165, 1.54) is 7.11 Å². The molecule has 4 N–H and O–H groups in total. The standard InChI is InChI=1S/C14H20N2O4/c1-3-12(13(16)17)20-10-6-4-9(5-7-10)8-11(15)14(18)19-2/h4-7,11-12H,3,8,15H2,1-2H3,(H2,16,17). The van der Waals surface area contributed by atoms with Crippen molar-refractivity contribution in [3.8, 4) is 5.75 Å². The maximum absolute atomic E-state index is 11.2. The Bertz CT molecular complexity index is 459. The molecule has 0 aliphatic heterocycles. The Hall–Kier alpha value is -2.08. The number of esters is 1. The summed E-state index contributed by atoms with van der Waals surface area (Å²) in [6, 6.07) is 6.30. The minimum Gasteiger partial charge on any atom is -0.481 e. The summed E-state index contributed by atoms with van der Waals surface area (Å²) in [6.07, 6.45) is 0.239. The van der Waals surface area contributed by atoms with Crippen LogP contribution >= 0.6 is 0 Å². The Balaban J connectivity index is 2.64. The molecular formula is C14H20N2O4. The van der Waals surface area contributed by atoms with Crippen LogP contribution in [0, 0.1) is 0 Å². The first-order valence-corrected chi connectivity index (χ1v) is 6.36. The highest BCUT2D eigenvalue weighted by Crippen LogP contribution is 2.16. The summed E-state index contributed by atoms with van der Waals surface area (Å²) in [5.74, 6) is -0.402. The summed E-state index contributed by atoms with van der Waals surface area (Å²) in [6.45, 7) is 1.82. The van der Waals surface area contributed by atoms with E-state index in [0.717, 1.165) is 5.56 Å². The molecule has 1 amide bonds. The smallest absolute Gasteiger partial charge is 0.322 e. The highest BCUT2D eigenvalue weighted by Gasteiger charge is 2.16. The van der Waals surface area contributed by atoms with E-state index in [1.807, 2.05) is 6.92 Å². The molecule has 2 atom stereocenters. The molecule has 0 bridgehead atoms. The summed E-state index contributed by atoms with van der Waals surface area (Å²) in [4.78, 5) is 22.3. The van der Waals surface area contributed by atoms with Crippen LogP contribution in [0.1, 0.15) is 18.9 Å². The molecule has 6 heteroatoms. The second-order valence-corrected chi connectivity index (χ2v) is 4.39. The van der Waals surface area contributed by atoms with Gasteiger partial charge < -0.3 is 20.9 Å². The number of amides is 1. The van der Waals surface area contributed by atoms with Crippen LogP contribution in [0.5, 0.6) is 5.75 Å². The van der Waals surface area contributed by atoms with E-state index in [4.69, 9.17) is 16.2 Å². The lowest BCUT2D eigenvalue weighted by Crippen LogP contribution is -2.33. The van der Waals surface area contributed by atoms with Gasteiger partial charge in [0.25, 0.3) is 5.91 Å². The Kier molecular flexibility index (Phi) is 5.99. The summed E-state index contributed by atoms with van der Waals surface area (Å²) in [5, 5.41) is 0. The first-order valence-electron chi connectivity index (χ1n) is 6.36. The van der Waals surface area contributed by atoms with Gasteiger partial charge in [-0.25, -0.2) is 0 Å². The molecule has 0 fully saturated rings. The van der Waals surface area contributed by atoms with Gasteiger partial charge in [-0.3, -0.25) is 9.59 Å². The van der Waals surface area contributed by atoms with E-state index in [-0.39, 0.29) is 0 Å². The van der Waals surface area contributed by atoms with Crippen LogP contribution < -0.4 is 16.2 Å². The normalized spacial score (nSPS) is 13.3. The third-order valence-corrected chi connectivity index (χ3v) is 2.85. The van der Waals surface area contributed by atoms with Gasteiger partial charge in [0.1, 0.15) is 11.8 Å². The van der Waals surface area contributed by atoms with Crippen molar-refractivity contribution in [3.63, 3.8) is 0 Å². The molecular weight excluding hydrogens is 260 g/mol. The van der Waals surface area contributed by atoms with Crippen molar-refractivity contribution in [1.29, 1.82) is 0 Å². The first kappa shape index (κ1) is 16.0. The van der Waals surface area contributed by atoms with E-state index in [9.17, 15) is 9.59 Å². The zero-order valence-electron chi connectivity index (χ0n) is 11.7. The largest absolute Gasteiger partial charge is 0.481 e. The number of nitrogens with two attached hydrogens (primary N) is 2. The summed E-state index contributed by atoms with van der Waals surface area (Å²) >= 11 is 0. The Morgan fingerprint density at radius 1 is 1.25 bits per heavy atom. The minimum atomic E-state index is -0.694. The Morgan fingerprint density at radius 3 is 2.30 bits per heavy atom. The van der Waals surface area contributed by atoms with Crippen molar-refractivity contribution in [2.24, 2.45) is 11.5 Å². The molecule has 0 radical (unpaired) electrons. The van der Waals surface area contributed by atoms with Gasteiger partial charge in [-0.15, -0.1) is 0 Å². The number of carbonyl (C=O) groups is 2. The van der Waals surface area contributed by atoms with Crippen LogP contribution in [0.15, 0.2) is 24.3 Å². The lowest BCUT2D eigenvalue weighted by molar-refractivity contribution is -0.142. The van der Waals surface area contributed by atoms with Gasteiger partial charge in [0, 0.05) is 0 Å². The topological polar surface area (TPSA) is 105 Å². The number of hydrogen-bond donors (Lipinski definition) is 2. The molecule has 1 rings (SSSR count). The van der Waals surface area contributed by atoms with Gasteiger partial charge >= 0.3 is 5.97 Å². The van der Waals surface area contributed by atoms with Gasteiger partial charge in [-0.2, -0.15) is 0 Å². The lowest BCUT2D eigenvalue weighted by atomic mass is 10.1. The molecule has 2 unspecified atom stereocenters. The number of primary amides is 1. The van der Waals surface area contributed by atoms with Gasteiger partial charge in [0.05, 0.1) is 7.11 Å². The van der Waals surface area contributed by atoms with Crippen LogP contribution in [-0.4, -0.2) is 31.1 Å². The van der Waals surface area contributed by atoms with E-state index >= 15 is 0 Å². The van der Waals surface area contributed by atoms with Crippen molar-refractivity contribution >= 4 is 11.9 Å². The fraction of sp³-hybridized carbons (Fsp3) is 0.429. The predicted molar refractivity (Wildman–Crippen MR) is 74.0 cm³/mol. The maximum Gasteiger partial charge on any atom is 0.322 e. The highest BCUT2D eigenvalue weighted by atomic mass is 16.5. The van der Waals surface area contributed by atoms with Crippen LogP contribution in [0.2, 0.25) is 0 Å². The molecule has 0 saturated heterocycles. The van der Waals surface area contributed by atoms with Crippen LogP contribution in [-0.2, 0) is 20.7 Å². The van der Waals surface area contributed by atoms with Crippen molar-refractivity contribution in [2.45, 2.75) is 31.9 Å². The molecule has 20 heavy (non-hydrogen) atoms. The summed E-state index contributed by atoms with van der Waals surface area (Å²) in [7, 11) is 1.30. The number of rotatable bonds is 7. The van der Waals surface area contributed by atoms with Crippen molar-refractivity contribution < 1.29 is 19.1 Å². The molecule has 0 aliphatic carbocycles. The molecule has 0 spiro atoms. The molecule has 110 valence electrons. The maximum atomic E-state index is 11.2. The van der Waals surface area contributed by atoms with Gasteiger partial charge in [-0.05, 0) is 30.5 Å². The third-order valence-electron chi connectivity index (χ3n) is 2.85. The highest BCUT2D eigenvalue weighted by molar-refractivity contribution is 5.79.